The number of hydrogen-bond donors (Lipinski definition) is 1. The molecule has 0 radical (unpaired) electrons. The van der Waals surface area contributed by atoms with Crippen LogP contribution >= 0.6 is 12.2 Å². The maximum atomic E-state index is 5.43. The van der Waals surface area contributed by atoms with E-state index in [1.807, 2.05) is 12.1 Å². The predicted octanol–water partition coefficient (Wildman–Crippen LogP) is 3.44. The van der Waals surface area contributed by atoms with E-state index in [0.717, 1.165) is 41.1 Å². The molecule has 0 aliphatic rings. The quantitative estimate of drug-likeness (QED) is 0.828. The average Bonchev–Trinajstić information content (AvgIpc) is 2.78. The van der Waals surface area contributed by atoms with Crippen molar-refractivity contribution >= 4 is 23.3 Å². The minimum Gasteiger partial charge on any atom is -0.497 e. The number of benzene rings is 1. The van der Waals surface area contributed by atoms with Gasteiger partial charge in [-0.1, -0.05) is 6.92 Å². The van der Waals surface area contributed by atoms with Gasteiger partial charge in [-0.15, -0.1) is 0 Å². The standard InChI is InChI=1S/C15H23N3OS/c1-5-11(2)17(3)8-9-18-14-7-6-12(19-4)10-13(14)16-15(18)20/h6-7,10-11H,5,8-9H2,1-4H3,(H,16,20). The number of aromatic amines is 1. The maximum Gasteiger partial charge on any atom is 0.178 e. The highest BCUT2D eigenvalue weighted by Crippen LogP contribution is 2.20. The molecule has 0 amide bonds. The van der Waals surface area contributed by atoms with Gasteiger partial charge in [0.05, 0.1) is 18.1 Å². The summed E-state index contributed by atoms with van der Waals surface area (Å²) < 4.78 is 8.17. The first-order valence-electron chi connectivity index (χ1n) is 7.03. The molecule has 1 aromatic carbocycles. The van der Waals surface area contributed by atoms with Crippen molar-refractivity contribution in [1.82, 2.24) is 14.5 Å². The highest BCUT2D eigenvalue weighted by atomic mass is 32.1. The lowest BCUT2D eigenvalue weighted by molar-refractivity contribution is 0.243. The zero-order valence-electron chi connectivity index (χ0n) is 12.6. The summed E-state index contributed by atoms with van der Waals surface area (Å²) in [6, 6.07) is 6.61. The van der Waals surface area contributed by atoms with Crippen LogP contribution in [0.1, 0.15) is 20.3 Å². The molecule has 4 nitrogen and oxygen atoms in total. The lowest BCUT2D eigenvalue weighted by Crippen LogP contribution is -2.31. The van der Waals surface area contributed by atoms with E-state index in [1.54, 1.807) is 7.11 Å². The molecule has 1 N–H and O–H groups in total. The van der Waals surface area contributed by atoms with Crippen LogP contribution < -0.4 is 4.74 Å². The molecule has 0 aliphatic heterocycles. The molecule has 0 aliphatic carbocycles. The zero-order valence-corrected chi connectivity index (χ0v) is 13.5. The third-order valence-electron chi connectivity index (χ3n) is 4.00. The molecule has 2 rings (SSSR count). The largest absolute Gasteiger partial charge is 0.497 e. The first-order valence-corrected chi connectivity index (χ1v) is 7.44. The minimum absolute atomic E-state index is 0.592. The van der Waals surface area contributed by atoms with Crippen LogP contribution in [0.4, 0.5) is 0 Å². The molecular formula is C15H23N3OS. The van der Waals surface area contributed by atoms with Gasteiger partial charge in [-0.25, -0.2) is 0 Å². The molecule has 1 aromatic heterocycles. The number of hydrogen-bond acceptors (Lipinski definition) is 3. The van der Waals surface area contributed by atoms with Crippen molar-refractivity contribution in [2.45, 2.75) is 32.9 Å². The van der Waals surface area contributed by atoms with E-state index in [1.165, 1.54) is 0 Å². The monoisotopic (exact) mass is 293 g/mol. The van der Waals surface area contributed by atoms with E-state index >= 15 is 0 Å². The molecule has 5 heteroatoms. The second kappa shape index (κ2) is 6.41. The number of H-pyrrole nitrogens is 1. The fourth-order valence-electron chi connectivity index (χ4n) is 2.28. The number of fused-ring (bicyclic) bond motifs is 1. The topological polar surface area (TPSA) is 33.2 Å². The van der Waals surface area contributed by atoms with Crippen LogP contribution in [0.2, 0.25) is 0 Å². The summed E-state index contributed by atoms with van der Waals surface area (Å²) >= 11 is 5.43. The molecule has 1 unspecified atom stereocenters. The Balaban J connectivity index is 2.22. The fourth-order valence-corrected chi connectivity index (χ4v) is 2.58. The number of likely N-dealkylation sites (N-methyl/N-ethyl adjacent to an activating group) is 1. The van der Waals surface area contributed by atoms with Gasteiger partial charge in [-0.2, -0.15) is 0 Å². The summed E-state index contributed by atoms with van der Waals surface area (Å²) in [7, 11) is 3.84. The van der Waals surface area contributed by atoms with Crippen molar-refractivity contribution in [2.75, 3.05) is 20.7 Å². The van der Waals surface area contributed by atoms with Gasteiger partial charge in [0.25, 0.3) is 0 Å². The predicted molar refractivity (Wildman–Crippen MR) is 86.1 cm³/mol. The van der Waals surface area contributed by atoms with Crippen molar-refractivity contribution < 1.29 is 4.74 Å². The van der Waals surface area contributed by atoms with Crippen LogP contribution in [-0.2, 0) is 6.54 Å². The number of rotatable bonds is 6. The Morgan fingerprint density at radius 3 is 2.85 bits per heavy atom. The highest BCUT2D eigenvalue weighted by Gasteiger charge is 2.09. The van der Waals surface area contributed by atoms with Gasteiger partial charge in [-0.3, -0.25) is 0 Å². The number of methoxy groups -OCH3 is 1. The number of nitrogens with zero attached hydrogens (tertiary/aromatic N) is 2. The van der Waals surface area contributed by atoms with Gasteiger partial charge in [0.15, 0.2) is 4.77 Å². The minimum atomic E-state index is 0.592. The third kappa shape index (κ3) is 3.04. The maximum absolute atomic E-state index is 5.43. The fraction of sp³-hybridized carbons (Fsp3) is 0.533. The van der Waals surface area contributed by atoms with E-state index in [-0.39, 0.29) is 0 Å². The molecule has 20 heavy (non-hydrogen) atoms. The molecule has 0 saturated heterocycles. The molecule has 1 atom stereocenters. The molecule has 0 fully saturated rings. The molecule has 0 spiro atoms. The van der Waals surface area contributed by atoms with Crippen LogP contribution in [0, 0.1) is 4.77 Å². The lowest BCUT2D eigenvalue weighted by Gasteiger charge is -2.23. The van der Waals surface area contributed by atoms with Gasteiger partial charge in [0.2, 0.25) is 0 Å². The van der Waals surface area contributed by atoms with Gasteiger partial charge < -0.3 is 19.2 Å². The zero-order chi connectivity index (χ0) is 14.7. The van der Waals surface area contributed by atoms with E-state index in [9.17, 15) is 0 Å². The number of ether oxygens (including phenoxy) is 1. The summed E-state index contributed by atoms with van der Waals surface area (Å²) in [6.45, 7) is 6.35. The Morgan fingerprint density at radius 2 is 2.20 bits per heavy atom. The van der Waals surface area contributed by atoms with Gasteiger partial charge in [0, 0.05) is 25.2 Å². The van der Waals surface area contributed by atoms with Crippen LogP contribution in [0.3, 0.4) is 0 Å². The van der Waals surface area contributed by atoms with Crippen LogP contribution in [0.5, 0.6) is 5.75 Å². The van der Waals surface area contributed by atoms with Crippen LogP contribution in [0.15, 0.2) is 18.2 Å². The normalized spacial score (nSPS) is 13.1. The third-order valence-corrected chi connectivity index (χ3v) is 4.32. The number of aromatic nitrogens is 2. The molecule has 1 heterocycles. The van der Waals surface area contributed by atoms with Crippen LogP contribution in [-0.4, -0.2) is 41.2 Å². The number of nitrogens with one attached hydrogen (secondary N) is 1. The van der Waals surface area contributed by atoms with Crippen molar-refractivity contribution in [3.63, 3.8) is 0 Å². The molecule has 110 valence electrons. The SMILES string of the molecule is CCC(C)N(C)CCn1c(=S)[nH]c2cc(OC)ccc21. The van der Waals surface area contributed by atoms with Crippen molar-refractivity contribution in [3.8, 4) is 5.75 Å². The van der Waals surface area contributed by atoms with Gasteiger partial charge in [-0.05, 0) is 44.7 Å². The Morgan fingerprint density at radius 1 is 1.45 bits per heavy atom. The Bertz CT molecular complexity index is 632. The Labute approximate surface area is 125 Å². The van der Waals surface area contributed by atoms with Gasteiger partial charge >= 0.3 is 0 Å². The summed E-state index contributed by atoms with van der Waals surface area (Å²) in [5, 5.41) is 0. The Hall–Kier alpha value is -1.33. The van der Waals surface area contributed by atoms with Crippen LogP contribution in [0.25, 0.3) is 11.0 Å². The second-order valence-corrected chi connectivity index (χ2v) is 5.59. The summed E-state index contributed by atoms with van der Waals surface area (Å²) in [5.41, 5.74) is 2.16. The molecule has 0 bridgehead atoms. The molecule has 2 aromatic rings. The van der Waals surface area contributed by atoms with Crippen molar-refractivity contribution in [1.29, 1.82) is 0 Å². The number of imidazole rings is 1. The van der Waals surface area contributed by atoms with Crippen molar-refractivity contribution in [2.24, 2.45) is 0 Å². The average molecular weight is 293 g/mol. The van der Waals surface area contributed by atoms with Crippen molar-refractivity contribution in [3.05, 3.63) is 23.0 Å². The van der Waals surface area contributed by atoms with E-state index in [2.05, 4.69) is 41.4 Å². The smallest absolute Gasteiger partial charge is 0.178 e. The second-order valence-electron chi connectivity index (χ2n) is 5.20. The van der Waals surface area contributed by atoms with E-state index < -0.39 is 0 Å². The molecular weight excluding hydrogens is 270 g/mol. The summed E-state index contributed by atoms with van der Waals surface area (Å²) in [4.78, 5) is 5.61. The Kier molecular flexibility index (Phi) is 4.83. The first-order chi connectivity index (χ1) is 9.56. The lowest BCUT2D eigenvalue weighted by atomic mass is 10.2. The summed E-state index contributed by atoms with van der Waals surface area (Å²) in [6.07, 6.45) is 1.16. The first kappa shape index (κ1) is 15.1. The molecule has 0 saturated carbocycles. The van der Waals surface area contributed by atoms with E-state index in [4.69, 9.17) is 17.0 Å². The highest BCUT2D eigenvalue weighted by molar-refractivity contribution is 7.71. The van der Waals surface area contributed by atoms with Gasteiger partial charge in [0.1, 0.15) is 5.75 Å². The van der Waals surface area contributed by atoms with E-state index in [0.29, 0.717) is 6.04 Å². The summed E-state index contributed by atoms with van der Waals surface area (Å²) in [5.74, 6) is 0.845.